The van der Waals surface area contributed by atoms with Gasteiger partial charge in [0.15, 0.2) is 0 Å². The zero-order valence-electron chi connectivity index (χ0n) is 14.5. The van der Waals surface area contributed by atoms with E-state index in [1.807, 2.05) is 0 Å². The van der Waals surface area contributed by atoms with Gasteiger partial charge in [-0.2, -0.15) is 0 Å². The van der Waals surface area contributed by atoms with Crippen molar-refractivity contribution in [3.8, 4) is 0 Å². The van der Waals surface area contributed by atoms with Crippen LogP contribution in [-0.4, -0.2) is 5.78 Å². The number of hydrogen-bond acceptors (Lipinski definition) is 1. The summed E-state index contributed by atoms with van der Waals surface area (Å²) in [5.41, 5.74) is 4.03. The summed E-state index contributed by atoms with van der Waals surface area (Å²) < 4.78 is 0. The van der Waals surface area contributed by atoms with Gasteiger partial charge in [-0.25, -0.2) is 0 Å². The lowest BCUT2D eigenvalue weighted by molar-refractivity contribution is -0.122. The quantitative estimate of drug-likeness (QED) is 0.542. The predicted molar refractivity (Wildman–Crippen MR) is 90.5 cm³/mol. The molecule has 0 heterocycles. The first-order chi connectivity index (χ1) is 10.5. The first-order valence-electron chi connectivity index (χ1n) is 9.36. The van der Waals surface area contributed by atoms with E-state index in [-0.39, 0.29) is 0 Å². The smallest absolute Gasteiger partial charge is 0.136 e. The van der Waals surface area contributed by atoms with E-state index in [0.717, 1.165) is 37.0 Å². The molecule has 4 aliphatic rings. The number of rotatable bonds is 0. The highest BCUT2D eigenvalue weighted by atomic mass is 16.1. The second-order valence-electron chi connectivity index (χ2n) is 8.78. The van der Waals surface area contributed by atoms with Crippen LogP contribution < -0.4 is 0 Å². The number of fused-ring (bicyclic) bond motifs is 5. The highest BCUT2D eigenvalue weighted by Gasteiger charge is 2.56. The summed E-state index contributed by atoms with van der Waals surface area (Å²) in [7, 11) is 0. The van der Waals surface area contributed by atoms with Crippen LogP contribution in [0.2, 0.25) is 0 Å². The molecule has 1 heteroatoms. The van der Waals surface area contributed by atoms with Crippen molar-refractivity contribution in [1.29, 1.82) is 0 Å². The lowest BCUT2D eigenvalue weighted by Gasteiger charge is -2.56. The Labute approximate surface area is 135 Å². The van der Waals surface area contributed by atoms with Gasteiger partial charge in [-0.3, -0.25) is 4.79 Å². The average Bonchev–Trinajstić information content (AvgIpc) is 2.84. The van der Waals surface area contributed by atoms with Gasteiger partial charge in [-0.1, -0.05) is 37.1 Å². The second-order valence-corrected chi connectivity index (χ2v) is 8.78. The van der Waals surface area contributed by atoms with E-state index in [1.165, 1.54) is 37.7 Å². The van der Waals surface area contributed by atoms with Gasteiger partial charge in [0.1, 0.15) is 5.78 Å². The van der Waals surface area contributed by atoms with Gasteiger partial charge in [-0.05, 0) is 74.0 Å². The first kappa shape index (κ1) is 14.7. The molecule has 0 N–H and O–H groups in total. The number of carbonyl (C=O) groups is 1. The number of ketones is 1. The van der Waals surface area contributed by atoms with Gasteiger partial charge >= 0.3 is 0 Å². The molecular weight excluding hydrogens is 268 g/mol. The molecule has 3 fully saturated rings. The molecule has 3 saturated carbocycles. The highest BCUT2D eigenvalue weighted by Crippen LogP contribution is 2.65. The molecule has 0 aliphatic heterocycles. The summed E-state index contributed by atoms with van der Waals surface area (Å²) in [6, 6.07) is 0. The van der Waals surface area contributed by atoms with E-state index in [0.29, 0.717) is 16.6 Å². The van der Waals surface area contributed by atoms with Gasteiger partial charge in [0.25, 0.3) is 0 Å². The Morgan fingerprint density at radius 3 is 2.64 bits per heavy atom. The van der Waals surface area contributed by atoms with Crippen molar-refractivity contribution in [2.75, 3.05) is 0 Å². The first-order valence-corrected chi connectivity index (χ1v) is 9.36. The van der Waals surface area contributed by atoms with Gasteiger partial charge in [0.2, 0.25) is 0 Å². The van der Waals surface area contributed by atoms with Gasteiger partial charge < -0.3 is 0 Å². The molecule has 22 heavy (non-hydrogen) atoms. The molecule has 0 unspecified atom stereocenters. The van der Waals surface area contributed by atoms with Crippen LogP contribution in [0.3, 0.4) is 0 Å². The minimum Gasteiger partial charge on any atom is -0.299 e. The van der Waals surface area contributed by atoms with Crippen LogP contribution in [0.1, 0.15) is 72.1 Å². The normalized spacial score (nSPS) is 49.4. The summed E-state index contributed by atoms with van der Waals surface area (Å²) in [5.74, 6) is 3.04. The lowest BCUT2D eigenvalue weighted by Crippen LogP contribution is -2.49. The fourth-order valence-corrected chi connectivity index (χ4v) is 6.80. The molecule has 4 rings (SSSR count). The SMILES string of the molecule is C/C=C1/CC[C@H]2[C@@H]3CC=C4CC(=O)CC[C@]4(C)[C@H]3CC[C@]12C. The minimum atomic E-state index is 0.330. The van der Waals surface area contributed by atoms with Crippen molar-refractivity contribution in [2.24, 2.45) is 28.6 Å². The van der Waals surface area contributed by atoms with Crippen molar-refractivity contribution >= 4 is 5.78 Å². The number of carbonyl (C=O) groups excluding carboxylic acids is 1. The van der Waals surface area contributed by atoms with E-state index in [9.17, 15) is 4.79 Å². The van der Waals surface area contributed by atoms with E-state index in [1.54, 1.807) is 5.57 Å². The average molecular weight is 298 g/mol. The van der Waals surface area contributed by atoms with Crippen molar-refractivity contribution in [1.82, 2.24) is 0 Å². The molecule has 0 bridgehead atoms. The molecule has 0 saturated heterocycles. The van der Waals surface area contributed by atoms with Gasteiger partial charge in [0.05, 0.1) is 0 Å². The summed E-state index contributed by atoms with van der Waals surface area (Å²) in [4.78, 5) is 11.9. The predicted octanol–water partition coefficient (Wildman–Crippen LogP) is 5.46. The standard InChI is InChI=1S/C21H30O/c1-4-14-6-8-18-17-7-5-15-13-16(22)9-11-21(15,3)19(17)10-12-20(14,18)2/h4-5,17-19H,6-13H2,1-3H3/b14-4-/t17-,18-,19-,20+,21-/m0/s1. The molecular formula is C21H30O. The van der Waals surface area contributed by atoms with Crippen LogP contribution in [0.25, 0.3) is 0 Å². The maximum Gasteiger partial charge on any atom is 0.136 e. The Bertz CT molecular complexity index is 568. The molecule has 4 aliphatic carbocycles. The Morgan fingerprint density at radius 1 is 1.09 bits per heavy atom. The largest absolute Gasteiger partial charge is 0.299 e. The molecule has 0 spiro atoms. The van der Waals surface area contributed by atoms with Crippen LogP contribution in [0.4, 0.5) is 0 Å². The maximum atomic E-state index is 11.9. The van der Waals surface area contributed by atoms with Crippen molar-refractivity contribution < 1.29 is 4.79 Å². The zero-order valence-corrected chi connectivity index (χ0v) is 14.5. The van der Waals surface area contributed by atoms with Crippen LogP contribution in [-0.2, 0) is 4.79 Å². The third kappa shape index (κ3) is 1.80. The molecule has 0 amide bonds. The molecule has 0 aromatic carbocycles. The van der Waals surface area contributed by atoms with Gasteiger partial charge in [0, 0.05) is 12.8 Å². The van der Waals surface area contributed by atoms with Crippen LogP contribution in [0.15, 0.2) is 23.3 Å². The fourth-order valence-electron chi connectivity index (χ4n) is 6.80. The third-order valence-electron chi connectivity index (χ3n) is 8.13. The van der Waals surface area contributed by atoms with Crippen molar-refractivity contribution in [3.63, 3.8) is 0 Å². The molecule has 0 radical (unpaired) electrons. The summed E-state index contributed by atoms with van der Waals surface area (Å²) in [6.07, 6.45) is 14.3. The molecule has 0 aromatic rings. The summed E-state index contributed by atoms with van der Waals surface area (Å²) in [5, 5.41) is 0. The Hall–Kier alpha value is -0.850. The van der Waals surface area contributed by atoms with Crippen molar-refractivity contribution in [2.45, 2.75) is 72.1 Å². The Balaban J connectivity index is 1.70. The van der Waals surface area contributed by atoms with E-state index < -0.39 is 0 Å². The minimum absolute atomic E-state index is 0.330. The lowest BCUT2D eigenvalue weighted by atomic mass is 9.48. The molecule has 120 valence electrons. The zero-order chi connectivity index (χ0) is 15.5. The fraction of sp³-hybridized carbons (Fsp3) is 0.762. The molecule has 5 atom stereocenters. The number of Topliss-reactive ketones (excluding diaryl/α,β-unsaturated/α-hetero) is 1. The van der Waals surface area contributed by atoms with Crippen LogP contribution in [0.5, 0.6) is 0 Å². The monoisotopic (exact) mass is 298 g/mol. The van der Waals surface area contributed by atoms with Crippen LogP contribution in [0, 0.1) is 28.6 Å². The Morgan fingerprint density at radius 2 is 1.86 bits per heavy atom. The molecule has 1 nitrogen and oxygen atoms in total. The number of allylic oxidation sites excluding steroid dienone is 4. The number of hydrogen-bond donors (Lipinski definition) is 0. The summed E-state index contributed by atoms with van der Waals surface area (Å²) >= 11 is 0. The van der Waals surface area contributed by atoms with E-state index in [2.05, 4.69) is 32.9 Å². The van der Waals surface area contributed by atoms with Gasteiger partial charge in [-0.15, -0.1) is 0 Å². The van der Waals surface area contributed by atoms with E-state index >= 15 is 0 Å². The highest BCUT2D eigenvalue weighted by molar-refractivity contribution is 5.82. The third-order valence-corrected chi connectivity index (χ3v) is 8.13. The maximum absolute atomic E-state index is 11.9. The molecule has 0 aromatic heterocycles. The Kier molecular flexibility index (Phi) is 3.23. The summed E-state index contributed by atoms with van der Waals surface area (Å²) in [6.45, 7) is 7.26. The topological polar surface area (TPSA) is 17.1 Å². The second kappa shape index (κ2) is 4.82. The van der Waals surface area contributed by atoms with Crippen LogP contribution >= 0.6 is 0 Å². The van der Waals surface area contributed by atoms with E-state index in [4.69, 9.17) is 0 Å². The van der Waals surface area contributed by atoms with Crippen molar-refractivity contribution in [3.05, 3.63) is 23.3 Å².